The maximum absolute atomic E-state index is 13.4. The normalized spacial score (nSPS) is 26.1. The lowest BCUT2D eigenvalue weighted by atomic mass is 9.86. The molecule has 0 radical (unpaired) electrons. The van der Waals surface area contributed by atoms with Gasteiger partial charge in [-0.15, -0.1) is 0 Å². The van der Waals surface area contributed by atoms with Crippen molar-refractivity contribution in [1.82, 2.24) is 5.32 Å². The number of benzene rings is 1. The van der Waals surface area contributed by atoms with E-state index < -0.39 is 0 Å². The standard InChI is InChI=1S/C14H20FNO/c1-9-4-5-11(15)8-13(9)14(16-3)12-6-7-17-10(12)2/h4-5,8,10,12,14,16H,6-7H2,1-3H3. The lowest BCUT2D eigenvalue weighted by Crippen LogP contribution is -2.30. The van der Waals surface area contributed by atoms with Gasteiger partial charge in [0.05, 0.1) is 6.10 Å². The van der Waals surface area contributed by atoms with Crippen molar-refractivity contribution >= 4 is 0 Å². The molecule has 0 spiro atoms. The van der Waals surface area contributed by atoms with Gasteiger partial charge in [-0.25, -0.2) is 4.39 Å². The van der Waals surface area contributed by atoms with E-state index >= 15 is 0 Å². The Morgan fingerprint density at radius 3 is 2.82 bits per heavy atom. The van der Waals surface area contributed by atoms with Crippen LogP contribution >= 0.6 is 0 Å². The van der Waals surface area contributed by atoms with E-state index in [4.69, 9.17) is 4.74 Å². The van der Waals surface area contributed by atoms with Gasteiger partial charge in [0.25, 0.3) is 0 Å². The van der Waals surface area contributed by atoms with E-state index in [1.807, 2.05) is 20.0 Å². The lowest BCUT2D eigenvalue weighted by molar-refractivity contribution is 0.0962. The third-order valence-corrected chi connectivity index (χ3v) is 3.75. The molecule has 1 N–H and O–H groups in total. The number of halogens is 1. The van der Waals surface area contributed by atoms with E-state index in [-0.39, 0.29) is 18.0 Å². The van der Waals surface area contributed by atoms with Gasteiger partial charge in [-0.2, -0.15) is 0 Å². The minimum absolute atomic E-state index is 0.169. The molecule has 1 aromatic carbocycles. The van der Waals surface area contributed by atoms with Crippen LogP contribution in [-0.4, -0.2) is 19.8 Å². The molecule has 3 heteroatoms. The summed E-state index contributed by atoms with van der Waals surface area (Å²) in [6.45, 7) is 4.93. The Morgan fingerprint density at radius 1 is 1.47 bits per heavy atom. The maximum atomic E-state index is 13.4. The summed E-state index contributed by atoms with van der Waals surface area (Å²) in [5.74, 6) is 0.248. The van der Waals surface area contributed by atoms with Crippen LogP contribution in [-0.2, 0) is 4.74 Å². The summed E-state index contributed by atoms with van der Waals surface area (Å²) in [7, 11) is 1.93. The molecular weight excluding hydrogens is 217 g/mol. The Kier molecular flexibility index (Phi) is 3.79. The van der Waals surface area contributed by atoms with Crippen molar-refractivity contribution in [3.8, 4) is 0 Å². The van der Waals surface area contributed by atoms with Crippen LogP contribution < -0.4 is 5.32 Å². The first kappa shape index (κ1) is 12.5. The molecule has 0 bridgehead atoms. The number of rotatable bonds is 3. The first-order chi connectivity index (χ1) is 8.13. The van der Waals surface area contributed by atoms with Crippen LogP contribution in [0.25, 0.3) is 0 Å². The van der Waals surface area contributed by atoms with Gasteiger partial charge >= 0.3 is 0 Å². The van der Waals surface area contributed by atoms with E-state index in [0.717, 1.165) is 24.2 Å². The molecule has 1 aromatic rings. The molecule has 94 valence electrons. The summed E-state index contributed by atoms with van der Waals surface area (Å²) in [6.07, 6.45) is 1.26. The molecule has 0 aromatic heterocycles. The van der Waals surface area contributed by atoms with E-state index in [1.165, 1.54) is 6.07 Å². The average Bonchev–Trinajstić information content (AvgIpc) is 2.71. The zero-order valence-electron chi connectivity index (χ0n) is 10.7. The Balaban J connectivity index is 2.31. The van der Waals surface area contributed by atoms with Gasteiger partial charge in [0.2, 0.25) is 0 Å². The van der Waals surface area contributed by atoms with Crippen molar-refractivity contribution < 1.29 is 9.13 Å². The summed E-state index contributed by atoms with van der Waals surface area (Å²) in [5.41, 5.74) is 2.18. The van der Waals surface area contributed by atoms with Crippen molar-refractivity contribution in [2.75, 3.05) is 13.7 Å². The molecule has 0 amide bonds. The molecule has 1 aliphatic rings. The SMILES string of the molecule is CNC(c1cc(F)ccc1C)C1CCOC1C. The van der Waals surface area contributed by atoms with E-state index in [0.29, 0.717) is 5.92 Å². The zero-order chi connectivity index (χ0) is 12.4. The van der Waals surface area contributed by atoms with Crippen molar-refractivity contribution in [3.05, 3.63) is 35.1 Å². The quantitative estimate of drug-likeness (QED) is 0.872. The lowest BCUT2D eigenvalue weighted by Gasteiger charge is -2.27. The predicted molar refractivity (Wildman–Crippen MR) is 66.5 cm³/mol. The van der Waals surface area contributed by atoms with Crippen molar-refractivity contribution in [2.24, 2.45) is 5.92 Å². The number of hydrogen-bond donors (Lipinski definition) is 1. The van der Waals surface area contributed by atoms with Crippen LogP contribution in [0.5, 0.6) is 0 Å². The van der Waals surface area contributed by atoms with E-state index in [9.17, 15) is 4.39 Å². The summed E-state index contributed by atoms with van der Waals surface area (Å²) < 4.78 is 19.0. The fraction of sp³-hybridized carbons (Fsp3) is 0.571. The van der Waals surface area contributed by atoms with Crippen molar-refractivity contribution in [1.29, 1.82) is 0 Å². The molecule has 1 aliphatic heterocycles. The molecule has 1 saturated heterocycles. The fourth-order valence-electron chi connectivity index (χ4n) is 2.73. The van der Waals surface area contributed by atoms with Crippen LogP contribution in [0.3, 0.4) is 0 Å². The number of nitrogens with one attached hydrogen (secondary N) is 1. The topological polar surface area (TPSA) is 21.3 Å². The first-order valence-corrected chi connectivity index (χ1v) is 6.18. The second-order valence-corrected chi connectivity index (χ2v) is 4.80. The van der Waals surface area contributed by atoms with Gasteiger partial charge < -0.3 is 10.1 Å². The minimum Gasteiger partial charge on any atom is -0.378 e. The molecule has 0 aliphatic carbocycles. The number of ether oxygens (including phenoxy) is 1. The zero-order valence-corrected chi connectivity index (χ0v) is 10.7. The Labute approximate surface area is 102 Å². The van der Waals surface area contributed by atoms with Gasteiger partial charge in [-0.05, 0) is 50.6 Å². The monoisotopic (exact) mass is 237 g/mol. The number of aryl methyl sites for hydroxylation is 1. The molecule has 2 nitrogen and oxygen atoms in total. The van der Waals surface area contributed by atoms with Crippen molar-refractivity contribution in [2.45, 2.75) is 32.4 Å². The minimum atomic E-state index is -0.169. The highest BCUT2D eigenvalue weighted by Crippen LogP contribution is 2.34. The van der Waals surface area contributed by atoms with Crippen LogP contribution in [0, 0.1) is 18.7 Å². The van der Waals surface area contributed by atoms with Crippen LogP contribution in [0.1, 0.15) is 30.5 Å². The summed E-state index contributed by atoms with van der Waals surface area (Å²) in [6, 6.07) is 5.17. The Hall–Kier alpha value is -0.930. The van der Waals surface area contributed by atoms with Gasteiger partial charge in [-0.1, -0.05) is 6.07 Å². The molecule has 1 heterocycles. The summed E-state index contributed by atoms with van der Waals surface area (Å²) in [4.78, 5) is 0. The van der Waals surface area contributed by atoms with Gasteiger partial charge in [0.15, 0.2) is 0 Å². The highest BCUT2D eigenvalue weighted by atomic mass is 19.1. The molecular formula is C14H20FNO. The third-order valence-electron chi connectivity index (χ3n) is 3.75. The molecule has 3 atom stereocenters. The second kappa shape index (κ2) is 5.15. The summed E-state index contributed by atoms with van der Waals surface area (Å²) >= 11 is 0. The molecule has 2 rings (SSSR count). The highest BCUT2D eigenvalue weighted by molar-refractivity contribution is 5.30. The van der Waals surface area contributed by atoms with Gasteiger partial charge in [0, 0.05) is 18.6 Å². The summed E-state index contributed by atoms with van der Waals surface area (Å²) in [5, 5.41) is 3.31. The Bertz CT molecular complexity index is 394. The van der Waals surface area contributed by atoms with Crippen LogP contribution in [0.2, 0.25) is 0 Å². The molecule has 0 saturated carbocycles. The van der Waals surface area contributed by atoms with Crippen molar-refractivity contribution in [3.63, 3.8) is 0 Å². The molecule has 17 heavy (non-hydrogen) atoms. The number of hydrogen-bond acceptors (Lipinski definition) is 2. The maximum Gasteiger partial charge on any atom is 0.123 e. The fourth-order valence-corrected chi connectivity index (χ4v) is 2.73. The smallest absolute Gasteiger partial charge is 0.123 e. The Morgan fingerprint density at radius 2 is 2.24 bits per heavy atom. The second-order valence-electron chi connectivity index (χ2n) is 4.80. The van der Waals surface area contributed by atoms with E-state index in [2.05, 4.69) is 12.2 Å². The third kappa shape index (κ3) is 2.50. The highest BCUT2D eigenvalue weighted by Gasteiger charge is 2.32. The molecule has 3 unspecified atom stereocenters. The molecule has 1 fully saturated rings. The largest absolute Gasteiger partial charge is 0.378 e. The average molecular weight is 237 g/mol. The van der Waals surface area contributed by atoms with Crippen LogP contribution in [0.4, 0.5) is 4.39 Å². The van der Waals surface area contributed by atoms with Gasteiger partial charge in [-0.3, -0.25) is 0 Å². The van der Waals surface area contributed by atoms with Gasteiger partial charge in [0.1, 0.15) is 5.82 Å². The first-order valence-electron chi connectivity index (χ1n) is 6.18. The van der Waals surface area contributed by atoms with Crippen LogP contribution in [0.15, 0.2) is 18.2 Å². The predicted octanol–water partition coefficient (Wildman–Crippen LogP) is 2.82. The van der Waals surface area contributed by atoms with E-state index in [1.54, 1.807) is 6.07 Å².